The van der Waals surface area contributed by atoms with Gasteiger partial charge in [0, 0.05) is 39.0 Å². The van der Waals surface area contributed by atoms with Crippen molar-refractivity contribution in [3.8, 4) is 0 Å². The van der Waals surface area contributed by atoms with Crippen LogP contribution in [0.4, 0.5) is 4.79 Å². The molecule has 0 aliphatic carbocycles. The molecule has 2 amide bonds. The van der Waals surface area contributed by atoms with Gasteiger partial charge < -0.3 is 25.0 Å². The van der Waals surface area contributed by atoms with Crippen molar-refractivity contribution in [2.75, 3.05) is 33.4 Å². The Bertz CT molecular complexity index is 408. The molecule has 0 fully saturated rings. The second kappa shape index (κ2) is 8.92. The molecule has 112 valence electrons. The maximum atomic E-state index is 11.8. The first-order valence-electron chi connectivity index (χ1n) is 6.35. The lowest BCUT2D eigenvalue weighted by Crippen LogP contribution is -2.44. The molecule has 1 heterocycles. The van der Waals surface area contributed by atoms with Gasteiger partial charge in [0.15, 0.2) is 0 Å². The number of rotatable bonds is 9. The molecule has 0 atom stereocenters. The Hall–Kier alpha value is -2.09. The lowest BCUT2D eigenvalue weighted by atomic mass is 10.3. The number of ether oxygens (including phenoxy) is 1. The zero-order valence-electron chi connectivity index (χ0n) is 11.5. The van der Waals surface area contributed by atoms with Crippen LogP contribution in [0, 0.1) is 0 Å². The van der Waals surface area contributed by atoms with Crippen LogP contribution in [-0.4, -0.2) is 65.3 Å². The molecular formula is C12H20N4O4. The molecule has 0 saturated carbocycles. The van der Waals surface area contributed by atoms with Gasteiger partial charge in [-0.15, -0.1) is 0 Å². The number of carbonyl (C=O) groups is 2. The van der Waals surface area contributed by atoms with Gasteiger partial charge in [-0.2, -0.15) is 0 Å². The smallest absolute Gasteiger partial charge is 0.323 e. The summed E-state index contributed by atoms with van der Waals surface area (Å²) in [5.41, 5.74) is 0. The quantitative estimate of drug-likeness (QED) is 0.557. The van der Waals surface area contributed by atoms with Crippen molar-refractivity contribution in [1.82, 2.24) is 20.2 Å². The van der Waals surface area contributed by atoms with Crippen LogP contribution in [0.1, 0.15) is 12.2 Å². The third-order valence-corrected chi connectivity index (χ3v) is 2.60. The Morgan fingerprint density at radius 1 is 1.55 bits per heavy atom. The fourth-order valence-corrected chi connectivity index (χ4v) is 1.61. The summed E-state index contributed by atoms with van der Waals surface area (Å²) in [6.07, 6.45) is 4.87. The zero-order chi connectivity index (χ0) is 14.8. The minimum atomic E-state index is -1.05. The minimum absolute atomic E-state index is 0.243. The summed E-state index contributed by atoms with van der Waals surface area (Å²) in [4.78, 5) is 30.8. The zero-order valence-corrected chi connectivity index (χ0v) is 11.5. The summed E-state index contributed by atoms with van der Waals surface area (Å²) in [5.74, 6) is -0.187. The highest BCUT2D eigenvalue weighted by Crippen LogP contribution is 1.95. The number of aryl methyl sites for hydroxylation is 1. The maximum absolute atomic E-state index is 11.8. The summed E-state index contributed by atoms with van der Waals surface area (Å²) < 4.78 is 4.85. The van der Waals surface area contributed by atoms with Gasteiger partial charge in [0.25, 0.3) is 0 Å². The van der Waals surface area contributed by atoms with Crippen LogP contribution < -0.4 is 5.32 Å². The number of urea groups is 1. The molecule has 1 rings (SSSR count). The van der Waals surface area contributed by atoms with Crippen LogP contribution in [0.25, 0.3) is 0 Å². The second-order valence-electron chi connectivity index (χ2n) is 4.18. The van der Waals surface area contributed by atoms with Crippen molar-refractivity contribution < 1.29 is 19.4 Å². The van der Waals surface area contributed by atoms with E-state index in [1.165, 1.54) is 12.0 Å². The Balaban J connectivity index is 2.27. The molecule has 0 bridgehead atoms. The van der Waals surface area contributed by atoms with E-state index in [4.69, 9.17) is 9.84 Å². The van der Waals surface area contributed by atoms with Gasteiger partial charge in [-0.1, -0.05) is 0 Å². The minimum Gasteiger partial charge on any atom is -0.480 e. The molecule has 1 aromatic heterocycles. The van der Waals surface area contributed by atoms with E-state index in [9.17, 15) is 9.59 Å². The number of carboxylic acid groups (broad SMARTS) is 1. The van der Waals surface area contributed by atoms with E-state index >= 15 is 0 Å². The number of aromatic amines is 1. The number of amides is 2. The lowest BCUT2D eigenvalue weighted by Gasteiger charge is -2.20. The van der Waals surface area contributed by atoms with Gasteiger partial charge in [0.1, 0.15) is 12.4 Å². The Morgan fingerprint density at radius 2 is 2.35 bits per heavy atom. The molecule has 0 aliphatic rings. The summed E-state index contributed by atoms with van der Waals surface area (Å²) in [6, 6.07) is -0.399. The van der Waals surface area contributed by atoms with Crippen molar-refractivity contribution in [3.63, 3.8) is 0 Å². The highest BCUT2D eigenvalue weighted by Gasteiger charge is 2.15. The molecule has 0 radical (unpaired) electrons. The third kappa shape index (κ3) is 6.19. The van der Waals surface area contributed by atoms with E-state index in [2.05, 4.69) is 15.3 Å². The van der Waals surface area contributed by atoms with Crippen LogP contribution in [0.3, 0.4) is 0 Å². The number of methoxy groups -OCH3 is 1. The molecule has 0 aromatic carbocycles. The van der Waals surface area contributed by atoms with E-state index in [-0.39, 0.29) is 13.1 Å². The first kappa shape index (κ1) is 16.0. The average Bonchev–Trinajstić information content (AvgIpc) is 2.92. The fourth-order valence-electron chi connectivity index (χ4n) is 1.61. The lowest BCUT2D eigenvalue weighted by molar-refractivity contribution is -0.137. The number of nitrogens with one attached hydrogen (secondary N) is 2. The number of carboxylic acids is 1. The van der Waals surface area contributed by atoms with Crippen LogP contribution in [0.5, 0.6) is 0 Å². The van der Waals surface area contributed by atoms with E-state index in [1.54, 1.807) is 12.4 Å². The van der Waals surface area contributed by atoms with Crippen molar-refractivity contribution >= 4 is 12.0 Å². The van der Waals surface area contributed by atoms with Crippen molar-refractivity contribution in [1.29, 1.82) is 0 Å². The Kier molecular flexibility index (Phi) is 7.12. The maximum Gasteiger partial charge on any atom is 0.323 e. The predicted octanol–water partition coefficient (Wildman–Crippen LogP) is 0.0849. The van der Waals surface area contributed by atoms with Crippen molar-refractivity contribution in [2.24, 2.45) is 0 Å². The number of nitrogens with zero attached hydrogens (tertiary/aromatic N) is 2. The normalized spacial score (nSPS) is 10.2. The number of carbonyl (C=O) groups excluding carboxylic acids is 1. The summed E-state index contributed by atoms with van der Waals surface area (Å²) >= 11 is 0. The number of aliphatic carboxylic acids is 1. The van der Waals surface area contributed by atoms with Gasteiger partial charge in [-0.05, 0) is 6.42 Å². The standard InChI is InChI=1S/C12H20N4O4/c1-20-8-7-16(9-11(17)18)12(19)15-4-2-3-10-13-5-6-14-10/h5-6H,2-4,7-9H2,1H3,(H,13,14)(H,15,19)(H,17,18). The molecular weight excluding hydrogens is 264 g/mol. The van der Waals surface area contributed by atoms with E-state index < -0.39 is 12.0 Å². The van der Waals surface area contributed by atoms with Crippen LogP contribution >= 0.6 is 0 Å². The van der Waals surface area contributed by atoms with Gasteiger partial charge in [-0.25, -0.2) is 9.78 Å². The van der Waals surface area contributed by atoms with Crippen LogP contribution in [-0.2, 0) is 16.0 Å². The SMILES string of the molecule is COCCN(CC(=O)O)C(=O)NCCCc1ncc[nH]1. The average molecular weight is 284 g/mol. The van der Waals surface area contributed by atoms with Gasteiger partial charge in [-0.3, -0.25) is 4.79 Å². The van der Waals surface area contributed by atoms with E-state index in [0.717, 1.165) is 18.7 Å². The third-order valence-electron chi connectivity index (χ3n) is 2.60. The van der Waals surface area contributed by atoms with Crippen LogP contribution in [0.2, 0.25) is 0 Å². The number of imidazole rings is 1. The Labute approximate surface area is 117 Å². The molecule has 3 N–H and O–H groups in total. The molecule has 1 aromatic rings. The molecule has 0 spiro atoms. The summed E-state index contributed by atoms with van der Waals surface area (Å²) in [7, 11) is 1.50. The van der Waals surface area contributed by atoms with Crippen molar-refractivity contribution in [3.05, 3.63) is 18.2 Å². The fraction of sp³-hybridized carbons (Fsp3) is 0.583. The van der Waals surface area contributed by atoms with Gasteiger partial charge in [0.2, 0.25) is 0 Å². The Morgan fingerprint density at radius 3 is 2.95 bits per heavy atom. The predicted molar refractivity (Wildman–Crippen MR) is 71.4 cm³/mol. The van der Waals surface area contributed by atoms with E-state index in [0.29, 0.717) is 13.2 Å². The highest BCUT2D eigenvalue weighted by molar-refractivity contribution is 5.80. The van der Waals surface area contributed by atoms with Gasteiger partial charge in [0.05, 0.1) is 6.61 Å². The largest absolute Gasteiger partial charge is 0.480 e. The molecule has 20 heavy (non-hydrogen) atoms. The first-order chi connectivity index (χ1) is 9.63. The summed E-state index contributed by atoms with van der Waals surface area (Å²) in [5, 5.41) is 11.4. The molecule has 8 nitrogen and oxygen atoms in total. The second-order valence-corrected chi connectivity index (χ2v) is 4.18. The van der Waals surface area contributed by atoms with E-state index in [1.807, 2.05) is 0 Å². The molecule has 0 saturated heterocycles. The number of aromatic nitrogens is 2. The van der Waals surface area contributed by atoms with Gasteiger partial charge >= 0.3 is 12.0 Å². The van der Waals surface area contributed by atoms with Crippen LogP contribution in [0.15, 0.2) is 12.4 Å². The summed E-state index contributed by atoms with van der Waals surface area (Å²) in [6.45, 7) is 0.663. The van der Waals surface area contributed by atoms with Crippen molar-refractivity contribution in [2.45, 2.75) is 12.8 Å². The number of hydrogen-bond acceptors (Lipinski definition) is 4. The topological polar surface area (TPSA) is 108 Å². The first-order valence-corrected chi connectivity index (χ1v) is 6.35. The monoisotopic (exact) mass is 284 g/mol. The number of hydrogen-bond donors (Lipinski definition) is 3. The highest BCUT2D eigenvalue weighted by atomic mass is 16.5. The molecule has 0 unspecified atom stereocenters. The molecule has 0 aliphatic heterocycles. The molecule has 8 heteroatoms. The number of H-pyrrole nitrogens is 1.